The van der Waals surface area contributed by atoms with Crippen molar-refractivity contribution in [3.8, 4) is 5.75 Å². The molecule has 0 fully saturated rings. The van der Waals surface area contributed by atoms with Crippen LogP contribution in [0, 0.1) is 5.82 Å². The third kappa shape index (κ3) is 5.30. The molecule has 0 unspecified atom stereocenters. The molecule has 0 atom stereocenters. The molecule has 0 aliphatic heterocycles. The smallest absolute Gasteiger partial charge is 0.328 e. The van der Waals surface area contributed by atoms with E-state index in [1.807, 2.05) is 0 Å². The molecule has 1 aromatic rings. The van der Waals surface area contributed by atoms with E-state index in [1.54, 1.807) is 12.1 Å². The van der Waals surface area contributed by atoms with Gasteiger partial charge in [0.15, 0.2) is 0 Å². The molecule has 18 heavy (non-hydrogen) atoms. The molecule has 0 radical (unpaired) electrons. The predicted molar refractivity (Wildman–Crippen MR) is 68.0 cm³/mol. The van der Waals surface area contributed by atoms with Gasteiger partial charge in [0, 0.05) is 12.1 Å². The van der Waals surface area contributed by atoms with E-state index in [4.69, 9.17) is 9.84 Å². The van der Waals surface area contributed by atoms with Crippen LogP contribution in [0.25, 0.3) is 6.08 Å². The first-order valence-corrected chi connectivity index (χ1v) is 5.57. The summed E-state index contributed by atoms with van der Waals surface area (Å²) in [5.41, 5.74) is 0.455. The van der Waals surface area contributed by atoms with Crippen molar-refractivity contribution in [3.63, 3.8) is 0 Å². The van der Waals surface area contributed by atoms with Gasteiger partial charge in [0.05, 0.1) is 6.61 Å². The lowest BCUT2D eigenvalue weighted by Gasteiger charge is -2.06. The van der Waals surface area contributed by atoms with Gasteiger partial charge in [-0.05, 0) is 36.6 Å². The van der Waals surface area contributed by atoms with Gasteiger partial charge >= 0.3 is 5.97 Å². The molecule has 1 rings (SSSR count). The Morgan fingerprint density at radius 2 is 2.22 bits per heavy atom. The van der Waals surface area contributed by atoms with Crippen molar-refractivity contribution in [1.82, 2.24) is 0 Å². The number of unbranched alkanes of at least 4 members (excludes halogenated alkanes) is 1. The second-order valence-corrected chi connectivity index (χ2v) is 3.67. The van der Waals surface area contributed by atoms with Crippen LogP contribution < -0.4 is 4.74 Å². The Bertz CT molecular complexity index is 452. The maximum Gasteiger partial charge on any atom is 0.328 e. The van der Waals surface area contributed by atoms with Gasteiger partial charge in [-0.1, -0.05) is 6.08 Å². The monoisotopic (exact) mass is 250 g/mol. The number of hydrogen-bond donors (Lipinski definition) is 1. The Hall–Kier alpha value is -2.10. The Kier molecular flexibility index (Phi) is 5.64. The van der Waals surface area contributed by atoms with E-state index in [0.717, 1.165) is 18.9 Å². The normalized spacial score (nSPS) is 10.5. The number of ether oxygens (including phenoxy) is 1. The molecule has 0 aromatic heterocycles. The molecule has 0 aliphatic rings. The summed E-state index contributed by atoms with van der Waals surface area (Å²) in [4.78, 5) is 10.4. The average molecular weight is 250 g/mol. The van der Waals surface area contributed by atoms with Crippen LogP contribution in [-0.2, 0) is 4.79 Å². The summed E-state index contributed by atoms with van der Waals surface area (Å²) in [6.45, 7) is 4.06. The van der Waals surface area contributed by atoms with Gasteiger partial charge in [-0.15, -0.1) is 6.58 Å². The topological polar surface area (TPSA) is 46.5 Å². The van der Waals surface area contributed by atoms with E-state index < -0.39 is 11.8 Å². The zero-order chi connectivity index (χ0) is 13.4. The highest BCUT2D eigenvalue weighted by molar-refractivity contribution is 5.85. The largest absolute Gasteiger partial charge is 0.493 e. The maximum atomic E-state index is 13.2. The van der Waals surface area contributed by atoms with Crippen LogP contribution in [0.4, 0.5) is 4.39 Å². The first-order chi connectivity index (χ1) is 8.61. The predicted octanol–water partition coefficient (Wildman–Crippen LogP) is 3.27. The molecule has 0 saturated heterocycles. The highest BCUT2D eigenvalue weighted by atomic mass is 19.1. The maximum absolute atomic E-state index is 13.2. The minimum atomic E-state index is -1.08. The van der Waals surface area contributed by atoms with Crippen molar-refractivity contribution in [2.24, 2.45) is 0 Å². The molecule has 0 spiro atoms. The van der Waals surface area contributed by atoms with Crippen molar-refractivity contribution in [3.05, 3.63) is 48.3 Å². The Balaban J connectivity index is 2.68. The van der Waals surface area contributed by atoms with Crippen molar-refractivity contribution < 1.29 is 19.0 Å². The lowest BCUT2D eigenvalue weighted by molar-refractivity contribution is -0.131. The minimum absolute atomic E-state index is 0.393. The zero-order valence-corrected chi connectivity index (χ0v) is 9.93. The summed E-state index contributed by atoms with van der Waals surface area (Å²) in [6.07, 6.45) is 5.70. The van der Waals surface area contributed by atoms with Gasteiger partial charge in [0.2, 0.25) is 0 Å². The molecule has 1 aromatic carbocycles. The van der Waals surface area contributed by atoms with Crippen LogP contribution in [0.2, 0.25) is 0 Å². The van der Waals surface area contributed by atoms with Gasteiger partial charge < -0.3 is 9.84 Å². The Morgan fingerprint density at radius 1 is 1.44 bits per heavy atom. The summed E-state index contributed by atoms with van der Waals surface area (Å²) in [6, 6.07) is 4.11. The molecule has 0 aliphatic carbocycles. The van der Waals surface area contributed by atoms with E-state index in [0.29, 0.717) is 17.9 Å². The van der Waals surface area contributed by atoms with E-state index in [-0.39, 0.29) is 0 Å². The molecular weight excluding hydrogens is 235 g/mol. The molecule has 0 heterocycles. The zero-order valence-electron chi connectivity index (χ0n) is 9.93. The summed E-state index contributed by atoms with van der Waals surface area (Å²) < 4.78 is 18.6. The lowest BCUT2D eigenvalue weighted by atomic mass is 10.2. The highest BCUT2D eigenvalue weighted by Gasteiger charge is 2.00. The van der Waals surface area contributed by atoms with Crippen LogP contribution >= 0.6 is 0 Å². The number of carboxylic acid groups (broad SMARTS) is 1. The second kappa shape index (κ2) is 7.27. The summed E-state index contributed by atoms with van der Waals surface area (Å²) >= 11 is 0. The number of carboxylic acids is 1. The Morgan fingerprint density at radius 3 is 2.89 bits per heavy atom. The standard InChI is InChI=1S/C14H15FO3/c1-2-3-4-7-18-13-9-11(5-6-14(16)17)8-12(15)10-13/h2,5-6,8-10H,1,3-4,7H2,(H,16,17)/b6-5+. The van der Waals surface area contributed by atoms with Crippen LogP contribution in [0.5, 0.6) is 5.75 Å². The number of halogens is 1. The molecule has 0 bridgehead atoms. The second-order valence-electron chi connectivity index (χ2n) is 3.67. The van der Waals surface area contributed by atoms with Crippen molar-refractivity contribution in [2.45, 2.75) is 12.8 Å². The summed E-state index contributed by atoms with van der Waals surface area (Å²) in [5, 5.41) is 8.49. The summed E-state index contributed by atoms with van der Waals surface area (Å²) in [5.74, 6) is -1.14. The van der Waals surface area contributed by atoms with Gasteiger partial charge in [0.1, 0.15) is 11.6 Å². The minimum Gasteiger partial charge on any atom is -0.493 e. The molecule has 1 N–H and O–H groups in total. The SMILES string of the molecule is C=CCCCOc1cc(F)cc(/C=C/C(=O)O)c1. The van der Waals surface area contributed by atoms with E-state index in [1.165, 1.54) is 18.2 Å². The number of carbonyl (C=O) groups is 1. The first kappa shape index (κ1) is 14.0. The molecule has 0 amide bonds. The average Bonchev–Trinajstić information content (AvgIpc) is 2.32. The van der Waals surface area contributed by atoms with Gasteiger partial charge in [0.25, 0.3) is 0 Å². The fourth-order valence-corrected chi connectivity index (χ4v) is 1.35. The number of allylic oxidation sites excluding steroid dienone is 1. The molecular formula is C14H15FO3. The highest BCUT2D eigenvalue weighted by Crippen LogP contribution is 2.18. The molecule has 3 nitrogen and oxygen atoms in total. The van der Waals surface area contributed by atoms with Gasteiger partial charge in [-0.25, -0.2) is 9.18 Å². The lowest BCUT2D eigenvalue weighted by Crippen LogP contribution is -1.97. The fraction of sp³-hybridized carbons (Fsp3) is 0.214. The number of aliphatic carboxylic acids is 1. The van der Waals surface area contributed by atoms with Gasteiger partial charge in [-0.3, -0.25) is 0 Å². The molecule has 0 saturated carbocycles. The van der Waals surface area contributed by atoms with E-state index in [2.05, 4.69) is 6.58 Å². The van der Waals surface area contributed by atoms with E-state index >= 15 is 0 Å². The molecule has 4 heteroatoms. The van der Waals surface area contributed by atoms with Crippen LogP contribution in [0.15, 0.2) is 36.9 Å². The van der Waals surface area contributed by atoms with Crippen LogP contribution in [0.1, 0.15) is 18.4 Å². The number of hydrogen-bond acceptors (Lipinski definition) is 2. The number of rotatable bonds is 7. The van der Waals surface area contributed by atoms with Gasteiger partial charge in [-0.2, -0.15) is 0 Å². The third-order valence-corrected chi connectivity index (χ3v) is 2.13. The number of benzene rings is 1. The van der Waals surface area contributed by atoms with Crippen molar-refractivity contribution in [1.29, 1.82) is 0 Å². The van der Waals surface area contributed by atoms with Crippen molar-refractivity contribution >= 4 is 12.0 Å². The van der Waals surface area contributed by atoms with Crippen LogP contribution in [0.3, 0.4) is 0 Å². The summed E-state index contributed by atoms with van der Waals surface area (Å²) in [7, 11) is 0. The molecule has 96 valence electrons. The van der Waals surface area contributed by atoms with Crippen molar-refractivity contribution in [2.75, 3.05) is 6.61 Å². The fourth-order valence-electron chi connectivity index (χ4n) is 1.35. The Labute approximate surface area is 105 Å². The van der Waals surface area contributed by atoms with E-state index in [9.17, 15) is 9.18 Å². The first-order valence-electron chi connectivity index (χ1n) is 5.57. The third-order valence-electron chi connectivity index (χ3n) is 2.13. The van der Waals surface area contributed by atoms with Crippen LogP contribution in [-0.4, -0.2) is 17.7 Å². The quantitative estimate of drug-likeness (QED) is 0.459.